The summed E-state index contributed by atoms with van der Waals surface area (Å²) < 4.78 is 11.3. The number of benzene rings is 1. The minimum Gasteiger partial charge on any atom is -0.448 e. The first-order valence-electron chi connectivity index (χ1n) is 8.18. The minimum atomic E-state index is -1.08. The molecule has 0 radical (unpaired) electrons. The van der Waals surface area contributed by atoms with Crippen molar-refractivity contribution >= 4 is 23.5 Å². The predicted molar refractivity (Wildman–Crippen MR) is 99.3 cm³/mol. The fourth-order valence-corrected chi connectivity index (χ4v) is 2.35. The van der Waals surface area contributed by atoms with E-state index in [-0.39, 0.29) is 6.54 Å². The number of nitrogens with one attached hydrogen (secondary N) is 1. The molecule has 0 saturated carbocycles. The van der Waals surface area contributed by atoms with Crippen LogP contribution < -0.4 is 10.7 Å². The number of methoxy groups -OCH3 is 1. The molecule has 1 amide bonds. The number of rotatable bonds is 7. The van der Waals surface area contributed by atoms with Gasteiger partial charge in [-0.3, -0.25) is 9.59 Å². The van der Waals surface area contributed by atoms with E-state index >= 15 is 0 Å². The summed E-state index contributed by atoms with van der Waals surface area (Å²) in [5, 5.41) is 7.19. The Morgan fingerprint density at radius 3 is 2.59 bits per heavy atom. The van der Waals surface area contributed by atoms with Gasteiger partial charge >= 0.3 is 5.97 Å². The quantitative estimate of drug-likeness (QED) is 0.565. The summed E-state index contributed by atoms with van der Waals surface area (Å²) >= 11 is 5.88. The van der Waals surface area contributed by atoms with Crippen LogP contribution in [0, 0.1) is 6.92 Å². The maximum atomic E-state index is 12.3. The number of halogens is 1. The van der Waals surface area contributed by atoms with Crippen molar-refractivity contribution < 1.29 is 19.1 Å². The van der Waals surface area contributed by atoms with Crippen molar-refractivity contribution in [2.75, 3.05) is 20.3 Å². The van der Waals surface area contributed by atoms with Gasteiger partial charge in [-0.15, -0.1) is 0 Å². The molecule has 1 atom stereocenters. The van der Waals surface area contributed by atoms with E-state index in [0.717, 1.165) is 0 Å². The number of hydrogen-bond donors (Lipinski definition) is 1. The van der Waals surface area contributed by atoms with Gasteiger partial charge < -0.3 is 14.8 Å². The zero-order chi connectivity index (χ0) is 20.0. The Bertz CT molecular complexity index is 880. The predicted octanol–water partition coefficient (Wildman–Crippen LogP) is 1.50. The van der Waals surface area contributed by atoms with E-state index in [0.29, 0.717) is 23.0 Å². The van der Waals surface area contributed by atoms with Crippen LogP contribution in [0.1, 0.15) is 23.1 Å². The van der Waals surface area contributed by atoms with E-state index in [4.69, 9.17) is 21.1 Å². The SMILES string of the molecule is COCCNC(=O)[C@@H](C)OC(=O)c1nn(-c2ccc(Cl)cc2)c(C)cc1=O. The Labute approximate surface area is 161 Å². The highest BCUT2D eigenvalue weighted by Crippen LogP contribution is 2.14. The average Bonchev–Trinajstić information content (AvgIpc) is 2.62. The first-order valence-corrected chi connectivity index (χ1v) is 8.56. The summed E-state index contributed by atoms with van der Waals surface area (Å²) in [6.07, 6.45) is -1.08. The topological polar surface area (TPSA) is 99.5 Å². The monoisotopic (exact) mass is 393 g/mol. The van der Waals surface area contributed by atoms with Crippen LogP contribution in [0.5, 0.6) is 0 Å². The molecule has 1 aromatic carbocycles. The van der Waals surface area contributed by atoms with E-state index in [2.05, 4.69) is 10.4 Å². The second-order valence-corrected chi connectivity index (χ2v) is 6.15. The number of nitrogens with zero attached hydrogens (tertiary/aromatic N) is 2. The highest BCUT2D eigenvalue weighted by molar-refractivity contribution is 6.30. The lowest BCUT2D eigenvalue weighted by atomic mass is 10.3. The Balaban J connectivity index is 2.21. The second-order valence-electron chi connectivity index (χ2n) is 5.72. The highest BCUT2D eigenvalue weighted by Gasteiger charge is 2.22. The third-order valence-corrected chi connectivity index (χ3v) is 3.88. The fraction of sp³-hybridized carbons (Fsp3) is 0.333. The molecule has 2 rings (SSSR count). The van der Waals surface area contributed by atoms with Gasteiger partial charge in [-0.1, -0.05) is 11.6 Å². The number of carbonyl (C=O) groups is 2. The van der Waals surface area contributed by atoms with E-state index < -0.39 is 29.1 Å². The number of hydrogen-bond acceptors (Lipinski definition) is 6. The first-order chi connectivity index (χ1) is 12.8. The number of esters is 1. The van der Waals surface area contributed by atoms with Crippen molar-refractivity contribution in [3.05, 3.63) is 57.0 Å². The van der Waals surface area contributed by atoms with E-state index in [9.17, 15) is 14.4 Å². The standard InChI is InChI=1S/C18H20ClN3O5/c1-11-10-15(23)16(21-22(11)14-6-4-13(19)5-7-14)18(25)27-12(2)17(24)20-8-9-26-3/h4-7,10,12H,8-9H2,1-3H3,(H,20,24)/t12-/m1/s1. The molecule has 1 heterocycles. The number of amides is 1. The molecule has 0 bridgehead atoms. The Morgan fingerprint density at radius 1 is 1.30 bits per heavy atom. The van der Waals surface area contributed by atoms with Crippen molar-refractivity contribution in [2.24, 2.45) is 0 Å². The molecule has 1 N–H and O–H groups in total. The molecule has 0 aliphatic carbocycles. The molecule has 0 unspecified atom stereocenters. The lowest BCUT2D eigenvalue weighted by molar-refractivity contribution is -0.129. The fourth-order valence-electron chi connectivity index (χ4n) is 2.22. The van der Waals surface area contributed by atoms with E-state index in [1.165, 1.54) is 24.8 Å². The van der Waals surface area contributed by atoms with Gasteiger partial charge in [0.25, 0.3) is 5.91 Å². The Morgan fingerprint density at radius 2 is 1.96 bits per heavy atom. The maximum absolute atomic E-state index is 12.3. The highest BCUT2D eigenvalue weighted by atomic mass is 35.5. The minimum absolute atomic E-state index is 0.281. The van der Waals surface area contributed by atoms with Crippen LogP contribution in [0.25, 0.3) is 5.69 Å². The summed E-state index contributed by atoms with van der Waals surface area (Å²) in [4.78, 5) is 36.4. The largest absolute Gasteiger partial charge is 0.448 e. The smallest absolute Gasteiger partial charge is 0.363 e. The van der Waals surface area contributed by atoms with Crippen LogP contribution in [0.2, 0.25) is 5.02 Å². The molecule has 0 fully saturated rings. The molecule has 2 aromatic rings. The zero-order valence-corrected chi connectivity index (χ0v) is 15.9. The van der Waals surface area contributed by atoms with Gasteiger partial charge in [0.2, 0.25) is 11.1 Å². The molecular formula is C18H20ClN3O5. The average molecular weight is 394 g/mol. The van der Waals surface area contributed by atoms with Gasteiger partial charge in [0, 0.05) is 30.4 Å². The Kier molecular flexibility index (Phi) is 7.09. The number of aryl methyl sites for hydroxylation is 1. The molecular weight excluding hydrogens is 374 g/mol. The van der Waals surface area contributed by atoms with Crippen LogP contribution in [0.4, 0.5) is 0 Å². The lowest BCUT2D eigenvalue weighted by Gasteiger charge is -2.14. The zero-order valence-electron chi connectivity index (χ0n) is 15.2. The number of ether oxygens (including phenoxy) is 2. The van der Waals surface area contributed by atoms with Crippen LogP contribution in [-0.4, -0.2) is 48.0 Å². The van der Waals surface area contributed by atoms with Gasteiger partial charge in [0.05, 0.1) is 12.3 Å². The van der Waals surface area contributed by atoms with Gasteiger partial charge in [-0.25, -0.2) is 9.48 Å². The molecule has 0 aliphatic heterocycles. The van der Waals surface area contributed by atoms with Crippen molar-refractivity contribution in [2.45, 2.75) is 20.0 Å². The number of aromatic nitrogens is 2. The lowest BCUT2D eigenvalue weighted by Crippen LogP contribution is -2.38. The van der Waals surface area contributed by atoms with Crippen LogP contribution in [0.15, 0.2) is 35.1 Å². The molecule has 0 saturated heterocycles. The Hall–Kier alpha value is -2.71. The summed E-state index contributed by atoms with van der Waals surface area (Å²) in [5.74, 6) is -1.47. The molecule has 9 heteroatoms. The van der Waals surface area contributed by atoms with Gasteiger partial charge in [0.15, 0.2) is 6.10 Å². The first kappa shape index (κ1) is 20.6. The molecule has 1 aromatic heterocycles. The maximum Gasteiger partial charge on any atom is 0.363 e. The molecule has 0 spiro atoms. The normalized spacial score (nSPS) is 11.7. The van der Waals surface area contributed by atoms with Gasteiger partial charge in [0.1, 0.15) is 0 Å². The van der Waals surface area contributed by atoms with Gasteiger partial charge in [-0.2, -0.15) is 5.10 Å². The molecule has 27 heavy (non-hydrogen) atoms. The van der Waals surface area contributed by atoms with Gasteiger partial charge in [-0.05, 0) is 38.1 Å². The summed E-state index contributed by atoms with van der Waals surface area (Å²) in [6.45, 7) is 3.71. The van der Waals surface area contributed by atoms with Crippen molar-refractivity contribution in [1.82, 2.24) is 15.1 Å². The van der Waals surface area contributed by atoms with Crippen LogP contribution in [0.3, 0.4) is 0 Å². The third-order valence-electron chi connectivity index (χ3n) is 3.63. The van der Waals surface area contributed by atoms with Crippen molar-refractivity contribution in [3.8, 4) is 5.69 Å². The number of carbonyl (C=O) groups excluding carboxylic acids is 2. The second kappa shape index (κ2) is 9.29. The van der Waals surface area contributed by atoms with E-state index in [1.807, 2.05) is 0 Å². The van der Waals surface area contributed by atoms with Crippen molar-refractivity contribution in [3.63, 3.8) is 0 Å². The molecule has 0 aliphatic rings. The van der Waals surface area contributed by atoms with Crippen LogP contribution >= 0.6 is 11.6 Å². The third kappa shape index (κ3) is 5.38. The molecule has 144 valence electrons. The summed E-state index contributed by atoms with van der Waals surface area (Å²) in [5.41, 5.74) is 0.155. The molecule has 8 nitrogen and oxygen atoms in total. The summed E-state index contributed by atoms with van der Waals surface area (Å²) in [6, 6.07) is 8.02. The van der Waals surface area contributed by atoms with Crippen LogP contribution in [-0.2, 0) is 14.3 Å². The summed E-state index contributed by atoms with van der Waals surface area (Å²) in [7, 11) is 1.50. The van der Waals surface area contributed by atoms with E-state index in [1.54, 1.807) is 31.2 Å². The van der Waals surface area contributed by atoms with Crippen molar-refractivity contribution in [1.29, 1.82) is 0 Å².